The van der Waals surface area contributed by atoms with E-state index in [0.29, 0.717) is 12.0 Å². The molecule has 1 aromatic rings. The highest BCUT2D eigenvalue weighted by Gasteiger charge is 2.12. The molecule has 0 saturated carbocycles. The summed E-state index contributed by atoms with van der Waals surface area (Å²) in [6.07, 6.45) is 9.08. The lowest BCUT2D eigenvalue weighted by Crippen LogP contribution is -2.30. The quantitative estimate of drug-likeness (QED) is 0.636. The molecular weight excluding hydrogens is 218 g/mol. The molecule has 0 radical (unpaired) electrons. The van der Waals surface area contributed by atoms with E-state index in [2.05, 4.69) is 44.2 Å². The Morgan fingerprint density at radius 1 is 1.00 bits per heavy atom. The predicted molar refractivity (Wildman–Crippen MR) is 80.7 cm³/mol. The molecular formula is C17H29N. The van der Waals surface area contributed by atoms with Crippen LogP contribution in [0.2, 0.25) is 0 Å². The summed E-state index contributed by atoms with van der Waals surface area (Å²) in [6, 6.07) is 10.9. The molecule has 2 N–H and O–H groups in total. The van der Waals surface area contributed by atoms with Crippen molar-refractivity contribution < 1.29 is 0 Å². The van der Waals surface area contributed by atoms with Crippen LogP contribution in [0.5, 0.6) is 0 Å². The van der Waals surface area contributed by atoms with Gasteiger partial charge in [0.15, 0.2) is 0 Å². The molecule has 0 amide bonds. The number of hydrogen-bond acceptors (Lipinski definition) is 1. The second kappa shape index (κ2) is 9.16. The largest absolute Gasteiger partial charge is 0.327 e. The third-order valence-electron chi connectivity index (χ3n) is 3.81. The topological polar surface area (TPSA) is 26.0 Å². The third kappa shape index (κ3) is 6.20. The van der Waals surface area contributed by atoms with Gasteiger partial charge in [-0.1, -0.05) is 76.3 Å². The molecule has 0 heterocycles. The zero-order chi connectivity index (χ0) is 13.2. The van der Waals surface area contributed by atoms with Crippen molar-refractivity contribution in [2.75, 3.05) is 0 Å². The minimum absolute atomic E-state index is 0.304. The maximum Gasteiger partial charge on any atom is 0.0105 e. The molecule has 0 aliphatic carbocycles. The van der Waals surface area contributed by atoms with E-state index in [0.717, 1.165) is 6.42 Å². The number of rotatable bonds is 9. The summed E-state index contributed by atoms with van der Waals surface area (Å²) in [5.74, 6) is 0.631. The van der Waals surface area contributed by atoms with Crippen LogP contribution in [0.25, 0.3) is 0 Å². The second-order valence-electron chi connectivity index (χ2n) is 5.53. The summed E-state index contributed by atoms with van der Waals surface area (Å²) in [5.41, 5.74) is 7.65. The third-order valence-corrected chi connectivity index (χ3v) is 3.81. The number of unbranched alkanes of at least 4 members (excludes halogenated alkanes) is 4. The summed E-state index contributed by atoms with van der Waals surface area (Å²) < 4.78 is 0. The van der Waals surface area contributed by atoms with E-state index in [-0.39, 0.29) is 0 Å². The van der Waals surface area contributed by atoms with E-state index in [9.17, 15) is 0 Å². The summed E-state index contributed by atoms with van der Waals surface area (Å²) in [7, 11) is 0. The molecule has 0 spiro atoms. The molecule has 0 saturated heterocycles. The molecule has 2 unspecified atom stereocenters. The van der Waals surface area contributed by atoms with E-state index in [1.807, 2.05) is 0 Å². The monoisotopic (exact) mass is 247 g/mol. The van der Waals surface area contributed by atoms with Crippen LogP contribution in [0.4, 0.5) is 0 Å². The Morgan fingerprint density at radius 2 is 1.67 bits per heavy atom. The van der Waals surface area contributed by atoms with Crippen molar-refractivity contribution in [3.8, 4) is 0 Å². The lowest BCUT2D eigenvalue weighted by Gasteiger charge is -2.20. The predicted octanol–water partition coefficient (Wildman–Crippen LogP) is 4.55. The van der Waals surface area contributed by atoms with Crippen molar-refractivity contribution in [1.29, 1.82) is 0 Å². The number of hydrogen-bond donors (Lipinski definition) is 1. The van der Waals surface area contributed by atoms with Crippen molar-refractivity contribution in [2.45, 2.75) is 64.8 Å². The van der Waals surface area contributed by atoms with Crippen molar-refractivity contribution in [3.05, 3.63) is 35.9 Å². The summed E-state index contributed by atoms with van der Waals surface area (Å²) in [6.45, 7) is 4.56. The van der Waals surface area contributed by atoms with Crippen LogP contribution in [-0.2, 0) is 6.42 Å². The van der Waals surface area contributed by atoms with Gasteiger partial charge in [-0.05, 0) is 24.3 Å². The van der Waals surface area contributed by atoms with E-state index in [4.69, 9.17) is 5.73 Å². The Morgan fingerprint density at radius 3 is 2.33 bits per heavy atom. The highest BCUT2D eigenvalue weighted by Crippen LogP contribution is 2.16. The van der Waals surface area contributed by atoms with Crippen LogP contribution < -0.4 is 5.73 Å². The van der Waals surface area contributed by atoms with E-state index >= 15 is 0 Å². The highest BCUT2D eigenvalue weighted by molar-refractivity contribution is 5.15. The maximum absolute atomic E-state index is 6.29. The SMILES string of the molecule is CCCCCCCC(C)C(N)Cc1ccccc1. The van der Waals surface area contributed by atoms with Gasteiger partial charge in [0, 0.05) is 6.04 Å². The van der Waals surface area contributed by atoms with Gasteiger partial charge in [0.25, 0.3) is 0 Å². The standard InChI is InChI=1S/C17H29N/c1-3-4-5-6-8-11-15(2)17(18)14-16-12-9-7-10-13-16/h7,9-10,12-13,15,17H,3-6,8,11,14,18H2,1-2H3. The smallest absolute Gasteiger partial charge is 0.0105 e. The fraction of sp³-hybridized carbons (Fsp3) is 0.647. The van der Waals surface area contributed by atoms with Gasteiger partial charge < -0.3 is 5.73 Å². The first-order chi connectivity index (χ1) is 8.74. The van der Waals surface area contributed by atoms with Crippen LogP contribution in [-0.4, -0.2) is 6.04 Å². The molecule has 2 atom stereocenters. The zero-order valence-corrected chi connectivity index (χ0v) is 12.1. The summed E-state index contributed by atoms with van der Waals surface area (Å²) in [4.78, 5) is 0. The van der Waals surface area contributed by atoms with Crippen LogP contribution in [0, 0.1) is 5.92 Å². The highest BCUT2D eigenvalue weighted by atomic mass is 14.6. The number of nitrogens with two attached hydrogens (primary N) is 1. The Balaban J connectivity index is 2.18. The van der Waals surface area contributed by atoms with Crippen LogP contribution >= 0.6 is 0 Å². The van der Waals surface area contributed by atoms with Crippen LogP contribution in [0.15, 0.2) is 30.3 Å². The van der Waals surface area contributed by atoms with Crippen molar-refractivity contribution in [2.24, 2.45) is 11.7 Å². The van der Waals surface area contributed by atoms with Crippen molar-refractivity contribution in [1.82, 2.24) is 0 Å². The Hall–Kier alpha value is -0.820. The molecule has 0 aliphatic rings. The summed E-state index contributed by atoms with van der Waals surface area (Å²) in [5, 5.41) is 0. The minimum Gasteiger partial charge on any atom is -0.327 e. The van der Waals surface area contributed by atoms with Gasteiger partial charge in [-0.3, -0.25) is 0 Å². The van der Waals surface area contributed by atoms with Gasteiger partial charge in [-0.2, -0.15) is 0 Å². The van der Waals surface area contributed by atoms with E-state index in [1.54, 1.807) is 0 Å². The average molecular weight is 247 g/mol. The molecule has 1 nitrogen and oxygen atoms in total. The molecule has 0 aromatic heterocycles. The normalized spacial score (nSPS) is 14.4. The zero-order valence-electron chi connectivity index (χ0n) is 12.1. The molecule has 18 heavy (non-hydrogen) atoms. The molecule has 0 bridgehead atoms. The Labute approximate surface area is 113 Å². The van der Waals surface area contributed by atoms with Crippen molar-refractivity contribution >= 4 is 0 Å². The first-order valence-corrected chi connectivity index (χ1v) is 7.53. The minimum atomic E-state index is 0.304. The first kappa shape index (κ1) is 15.2. The first-order valence-electron chi connectivity index (χ1n) is 7.53. The van der Waals surface area contributed by atoms with Gasteiger partial charge in [-0.15, -0.1) is 0 Å². The fourth-order valence-electron chi connectivity index (χ4n) is 2.37. The molecule has 102 valence electrons. The van der Waals surface area contributed by atoms with Gasteiger partial charge in [0.1, 0.15) is 0 Å². The second-order valence-corrected chi connectivity index (χ2v) is 5.53. The van der Waals surface area contributed by atoms with E-state index in [1.165, 1.54) is 44.1 Å². The Kier molecular flexibility index (Phi) is 7.75. The summed E-state index contributed by atoms with van der Waals surface area (Å²) >= 11 is 0. The molecule has 0 fully saturated rings. The lowest BCUT2D eigenvalue weighted by molar-refractivity contribution is 0.403. The maximum atomic E-state index is 6.29. The van der Waals surface area contributed by atoms with Crippen LogP contribution in [0.3, 0.4) is 0 Å². The van der Waals surface area contributed by atoms with Gasteiger partial charge >= 0.3 is 0 Å². The molecule has 1 aromatic carbocycles. The van der Waals surface area contributed by atoms with Crippen LogP contribution in [0.1, 0.15) is 57.9 Å². The van der Waals surface area contributed by atoms with Gasteiger partial charge in [-0.25, -0.2) is 0 Å². The van der Waals surface area contributed by atoms with Gasteiger partial charge in [0.2, 0.25) is 0 Å². The number of benzene rings is 1. The fourth-order valence-corrected chi connectivity index (χ4v) is 2.37. The van der Waals surface area contributed by atoms with Crippen molar-refractivity contribution in [3.63, 3.8) is 0 Å². The van der Waals surface area contributed by atoms with E-state index < -0.39 is 0 Å². The lowest BCUT2D eigenvalue weighted by atomic mass is 9.91. The Bertz CT molecular complexity index is 294. The van der Waals surface area contributed by atoms with Gasteiger partial charge in [0.05, 0.1) is 0 Å². The average Bonchev–Trinajstić information content (AvgIpc) is 2.39. The molecule has 0 aliphatic heterocycles. The molecule has 1 heteroatoms. The molecule has 1 rings (SSSR count).